The van der Waals surface area contributed by atoms with Gasteiger partial charge in [0.1, 0.15) is 6.33 Å². The molecule has 0 aliphatic carbocycles. The molecule has 0 bridgehead atoms. The van der Waals surface area contributed by atoms with Crippen molar-refractivity contribution in [2.45, 2.75) is 19.9 Å². The summed E-state index contributed by atoms with van der Waals surface area (Å²) in [7, 11) is 0. The van der Waals surface area contributed by atoms with Crippen LogP contribution >= 0.6 is 11.3 Å². The van der Waals surface area contributed by atoms with Crippen LogP contribution in [0.4, 0.5) is 22.5 Å². The van der Waals surface area contributed by atoms with Crippen LogP contribution in [0, 0.1) is 10.1 Å². The number of nitrogens with one attached hydrogen (secondary N) is 2. The Morgan fingerprint density at radius 3 is 2.65 bits per heavy atom. The molecular formula is C14H14N6O2S. The zero-order valence-electron chi connectivity index (χ0n) is 12.5. The summed E-state index contributed by atoms with van der Waals surface area (Å²) in [5.74, 6) is 0.302. The lowest BCUT2D eigenvalue weighted by Gasteiger charge is -2.10. The third-order valence-corrected chi connectivity index (χ3v) is 3.90. The van der Waals surface area contributed by atoms with Gasteiger partial charge in [0.15, 0.2) is 5.13 Å². The van der Waals surface area contributed by atoms with E-state index in [1.807, 2.05) is 38.1 Å². The number of hydrogen-bond donors (Lipinski definition) is 2. The number of hydrogen-bond acceptors (Lipinski definition) is 8. The van der Waals surface area contributed by atoms with Gasteiger partial charge in [0.25, 0.3) is 0 Å². The Kier molecular flexibility index (Phi) is 4.02. The van der Waals surface area contributed by atoms with E-state index < -0.39 is 4.92 Å². The standard InChI is InChI=1S/C14H14N6O2S/c1-8(2)17-12-11(20(21)22)13(16-7-15-12)19-14-18-9-5-3-4-6-10(9)23-14/h3-8H,1-2H3,(H2,15,16,17,18,19). The lowest BCUT2D eigenvalue weighted by Crippen LogP contribution is -2.14. The van der Waals surface area contributed by atoms with Gasteiger partial charge in [0.05, 0.1) is 15.1 Å². The van der Waals surface area contributed by atoms with Crippen LogP contribution in [0.1, 0.15) is 13.8 Å². The highest BCUT2D eigenvalue weighted by Crippen LogP contribution is 2.34. The van der Waals surface area contributed by atoms with Crippen molar-refractivity contribution in [3.63, 3.8) is 0 Å². The van der Waals surface area contributed by atoms with Crippen molar-refractivity contribution in [2.24, 2.45) is 0 Å². The molecule has 0 aliphatic heterocycles. The van der Waals surface area contributed by atoms with Gasteiger partial charge in [0, 0.05) is 6.04 Å². The average Bonchev–Trinajstić information content (AvgIpc) is 2.88. The van der Waals surface area contributed by atoms with Crippen LogP contribution in [0.2, 0.25) is 0 Å². The highest BCUT2D eigenvalue weighted by molar-refractivity contribution is 7.22. The normalized spacial score (nSPS) is 10.9. The minimum absolute atomic E-state index is 0.0129. The molecular weight excluding hydrogens is 316 g/mol. The van der Waals surface area contributed by atoms with Crippen LogP contribution < -0.4 is 10.6 Å². The molecule has 0 aliphatic rings. The Balaban J connectivity index is 2.00. The van der Waals surface area contributed by atoms with Crippen molar-refractivity contribution >= 4 is 44.0 Å². The summed E-state index contributed by atoms with van der Waals surface area (Å²) in [5, 5.41) is 17.8. The van der Waals surface area contributed by atoms with Crippen molar-refractivity contribution in [1.29, 1.82) is 0 Å². The van der Waals surface area contributed by atoms with Crippen LogP contribution in [0.3, 0.4) is 0 Å². The van der Waals surface area contributed by atoms with Crippen LogP contribution in [0.5, 0.6) is 0 Å². The number of fused-ring (bicyclic) bond motifs is 1. The summed E-state index contributed by atoms with van der Waals surface area (Å²) in [6.07, 6.45) is 1.29. The molecule has 3 aromatic rings. The molecule has 2 aromatic heterocycles. The van der Waals surface area contributed by atoms with Gasteiger partial charge in [0.2, 0.25) is 11.6 Å². The van der Waals surface area contributed by atoms with Gasteiger partial charge in [-0.05, 0) is 26.0 Å². The predicted molar refractivity (Wildman–Crippen MR) is 90.3 cm³/mol. The third-order valence-electron chi connectivity index (χ3n) is 2.95. The molecule has 0 saturated heterocycles. The van der Waals surface area contributed by atoms with Crippen molar-refractivity contribution in [1.82, 2.24) is 15.0 Å². The van der Waals surface area contributed by atoms with E-state index in [-0.39, 0.29) is 23.4 Å². The van der Waals surface area contributed by atoms with Gasteiger partial charge in [-0.25, -0.2) is 15.0 Å². The third kappa shape index (κ3) is 3.19. The quantitative estimate of drug-likeness (QED) is 0.544. The molecule has 0 amide bonds. The Hall–Kier alpha value is -2.81. The second kappa shape index (κ2) is 6.13. The number of aromatic nitrogens is 3. The number of nitrogens with zero attached hydrogens (tertiary/aromatic N) is 4. The Labute approximate surface area is 135 Å². The summed E-state index contributed by atoms with van der Waals surface area (Å²) < 4.78 is 0.993. The summed E-state index contributed by atoms with van der Waals surface area (Å²) in [6, 6.07) is 7.65. The summed E-state index contributed by atoms with van der Waals surface area (Å²) in [5.41, 5.74) is 0.637. The molecule has 8 nitrogen and oxygen atoms in total. The van der Waals surface area contributed by atoms with Crippen LogP contribution in [0.25, 0.3) is 10.2 Å². The second-order valence-electron chi connectivity index (χ2n) is 5.09. The molecule has 0 unspecified atom stereocenters. The van der Waals surface area contributed by atoms with Gasteiger partial charge >= 0.3 is 5.69 Å². The molecule has 0 atom stereocenters. The van der Waals surface area contributed by atoms with Crippen LogP contribution in [0.15, 0.2) is 30.6 Å². The fraction of sp³-hybridized carbons (Fsp3) is 0.214. The minimum atomic E-state index is -0.500. The maximum absolute atomic E-state index is 11.4. The van der Waals surface area contributed by atoms with Gasteiger partial charge in [-0.2, -0.15) is 0 Å². The highest BCUT2D eigenvalue weighted by atomic mass is 32.1. The first kappa shape index (κ1) is 15.1. The van der Waals surface area contributed by atoms with E-state index in [0.717, 1.165) is 10.2 Å². The smallest absolute Gasteiger partial charge is 0.353 e. The van der Waals surface area contributed by atoms with Crippen molar-refractivity contribution in [3.05, 3.63) is 40.7 Å². The molecule has 0 radical (unpaired) electrons. The lowest BCUT2D eigenvalue weighted by atomic mass is 10.3. The zero-order valence-corrected chi connectivity index (χ0v) is 13.3. The monoisotopic (exact) mass is 330 g/mol. The van der Waals surface area contributed by atoms with E-state index in [2.05, 4.69) is 25.6 Å². The van der Waals surface area contributed by atoms with E-state index in [0.29, 0.717) is 5.13 Å². The topological polar surface area (TPSA) is 106 Å². The van der Waals surface area contributed by atoms with Crippen molar-refractivity contribution < 1.29 is 4.92 Å². The maximum Gasteiger partial charge on any atom is 0.353 e. The zero-order chi connectivity index (χ0) is 16.4. The lowest BCUT2D eigenvalue weighted by molar-refractivity contribution is -0.383. The Morgan fingerprint density at radius 1 is 1.22 bits per heavy atom. The van der Waals surface area contributed by atoms with Crippen LogP contribution in [-0.4, -0.2) is 25.9 Å². The molecule has 0 fully saturated rings. The molecule has 0 saturated carbocycles. The Morgan fingerprint density at radius 2 is 1.96 bits per heavy atom. The molecule has 2 heterocycles. The summed E-state index contributed by atoms with van der Waals surface area (Å²) in [4.78, 5) is 23.3. The van der Waals surface area contributed by atoms with Gasteiger partial charge in [-0.1, -0.05) is 23.5 Å². The molecule has 2 N–H and O–H groups in total. The molecule has 23 heavy (non-hydrogen) atoms. The van der Waals surface area contributed by atoms with E-state index in [9.17, 15) is 10.1 Å². The number of rotatable bonds is 5. The van der Waals surface area contributed by atoms with Crippen molar-refractivity contribution in [2.75, 3.05) is 10.6 Å². The van der Waals surface area contributed by atoms with Gasteiger partial charge in [-0.3, -0.25) is 10.1 Å². The largest absolute Gasteiger partial charge is 0.362 e. The van der Waals surface area contributed by atoms with E-state index in [4.69, 9.17) is 0 Å². The number of anilines is 3. The van der Waals surface area contributed by atoms with Crippen LogP contribution in [-0.2, 0) is 0 Å². The second-order valence-corrected chi connectivity index (χ2v) is 6.12. The number of thiazole rings is 1. The SMILES string of the molecule is CC(C)Nc1ncnc(Nc2nc3ccccc3s2)c1[N+](=O)[O-]. The Bertz CT molecular complexity index is 830. The molecule has 3 rings (SSSR count). The predicted octanol–water partition coefficient (Wildman–Crippen LogP) is 3.56. The number of para-hydroxylation sites is 1. The first-order chi connectivity index (χ1) is 11.0. The van der Waals surface area contributed by atoms with E-state index in [1.54, 1.807) is 0 Å². The average molecular weight is 330 g/mol. The fourth-order valence-corrected chi connectivity index (χ4v) is 2.91. The van der Waals surface area contributed by atoms with Gasteiger partial charge in [-0.15, -0.1) is 0 Å². The number of benzene rings is 1. The molecule has 1 aromatic carbocycles. The fourth-order valence-electron chi connectivity index (χ4n) is 2.05. The highest BCUT2D eigenvalue weighted by Gasteiger charge is 2.24. The minimum Gasteiger partial charge on any atom is -0.362 e. The van der Waals surface area contributed by atoms with Crippen molar-refractivity contribution in [3.8, 4) is 0 Å². The number of nitro groups is 1. The molecule has 9 heteroatoms. The van der Waals surface area contributed by atoms with Gasteiger partial charge < -0.3 is 10.6 Å². The molecule has 0 spiro atoms. The molecule has 118 valence electrons. The summed E-state index contributed by atoms with van der Waals surface area (Å²) >= 11 is 1.41. The van der Waals surface area contributed by atoms with E-state index in [1.165, 1.54) is 17.7 Å². The summed E-state index contributed by atoms with van der Waals surface area (Å²) in [6.45, 7) is 3.76. The first-order valence-corrected chi connectivity index (χ1v) is 7.75. The maximum atomic E-state index is 11.4. The van der Waals surface area contributed by atoms with E-state index >= 15 is 0 Å². The first-order valence-electron chi connectivity index (χ1n) is 6.93.